The number of carbonyl (C=O) groups is 6. The summed E-state index contributed by atoms with van der Waals surface area (Å²) >= 11 is 21.7. The monoisotopic (exact) mass is 1720 g/mol. The van der Waals surface area contributed by atoms with Gasteiger partial charge in [-0.25, -0.2) is 52.1 Å². The number of esters is 3. The Kier molecular flexibility index (Phi) is 32.4. The maximum atomic E-state index is 13.9. The zero-order chi connectivity index (χ0) is 79.1. The number of benzene rings is 3. The van der Waals surface area contributed by atoms with Crippen LogP contribution in [-0.4, -0.2) is 253 Å². The van der Waals surface area contributed by atoms with Crippen LogP contribution >= 0.6 is 84.9 Å². The van der Waals surface area contributed by atoms with E-state index in [0.717, 1.165) is 0 Å². The Morgan fingerprint density at radius 3 is 1.35 bits per heavy atom. The summed E-state index contributed by atoms with van der Waals surface area (Å²) in [7, 11) is 0. The van der Waals surface area contributed by atoms with E-state index in [4.69, 9.17) is 91.4 Å². The molecule has 9 heterocycles. The first kappa shape index (κ1) is 85.3. The lowest BCUT2D eigenvalue weighted by Crippen LogP contribution is -2.51. The van der Waals surface area contributed by atoms with Gasteiger partial charge in [-0.05, 0) is 62.7 Å². The highest BCUT2D eigenvalue weighted by atomic mass is 79.9. The van der Waals surface area contributed by atoms with Crippen LogP contribution in [0.5, 0.6) is 0 Å². The molecule has 29 nitrogen and oxygen atoms in total. The third-order valence-corrected chi connectivity index (χ3v) is 21.9. The van der Waals surface area contributed by atoms with E-state index in [9.17, 15) is 41.9 Å². The fraction of sp³-hybridized carbons (Fsp3) is 0.417. The summed E-state index contributed by atoms with van der Waals surface area (Å²) in [6.45, 7) is 10.3. The number of morpholine rings is 3. The Hall–Kier alpha value is -8.12. The van der Waals surface area contributed by atoms with Gasteiger partial charge in [0.25, 0.3) is 0 Å². The first-order valence-electron chi connectivity index (χ1n) is 34.7. The fourth-order valence-corrected chi connectivity index (χ4v) is 15.9. The second-order valence-electron chi connectivity index (χ2n) is 24.7. The highest BCUT2D eigenvalue weighted by Gasteiger charge is 2.40. The molecular formula is C72H78BrCl2F3N12O17S4. The first-order chi connectivity index (χ1) is 53.6. The average Bonchev–Trinajstić information content (AvgIpc) is 1.23. The van der Waals surface area contributed by atoms with E-state index in [1.54, 1.807) is 45.4 Å². The quantitative estimate of drug-likeness (QED) is 0.0181. The van der Waals surface area contributed by atoms with Crippen molar-refractivity contribution >= 4 is 138 Å². The summed E-state index contributed by atoms with van der Waals surface area (Å²) in [6.07, 6.45) is 4.82. The predicted octanol–water partition coefficient (Wildman–Crippen LogP) is 8.76. The minimum absolute atomic E-state index is 0.00726. The summed E-state index contributed by atoms with van der Waals surface area (Å²) in [5, 5.41) is 44.2. The molecule has 3 unspecified atom stereocenters. The van der Waals surface area contributed by atoms with E-state index < -0.39 is 84.6 Å². The number of carboxylic acids is 3. The number of carbonyl (C=O) groups excluding carboxylic acids is 3. The van der Waals surface area contributed by atoms with Gasteiger partial charge in [-0.2, -0.15) is 0 Å². The summed E-state index contributed by atoms with van der Waals surface area (Å²) < 4.78 is 86.0. The number of carboxylic acid groups (broad SMARTS) is 3. The van der Waals surface area contributed by atoms with Crippen LogP contribution in [0.1, 0.15) is 70.6 Å². The van der Waals surface area contributed by atoms with Gasteiger partial charge >= 0.3 is 35.8 Å². The van der Waals surface area contributed by atoms with Crippen LogP contribution in [0.15, 0.2) is 143 Å². The number of hydrogen-bond donors (Lipinski definition) is 6. The number of nitrogens with zero attached hydrogens (tertiary/aromatic N) is 9. The van der Waals surface area contributed by atoms with Crippen molar-refractivity contribution in [2.45, 2.75) is 57.1 Å². The lowest BCUT2D eigenvalue weighted by atomic mass is 9.95. The van der Waals surface area contributed by atoms with E-state index in [1.165, 1.54) is 94.3 Å². The highest BCUT2D eigenvalue weighted by molar-refractivity contribution is 9.10. The van der Waals surface area contributed by atoms with Crippen molar-refractivity contribution in [3.8, 4) is 0 Å². The molecule has 6 aliphatic heterocycles. The third-order valence-electron chi connectivity index (χ3n) is 17.2. The Balaban J connectivity index is 0.000000177. The maximum absolute atomic E-state index is 13.9. The van der Waals surface area contributed by atoms with Gasteiger partial charge in [-0.15, -0.1) is 45.8 Å². The lowest BCUT2D eigenvalue weighted by molar-refractivity contribution is -0.144. The number of ether oxygens (including phenoxy) is 8. The maximum Gasteiger partial charge on any atom is 0.338 e. The Labute approximate surface area is 670 Å². The number of rotatable bonds is 30. The number of thiazole rings is 3. The van der Waals surface area contributed by atoms with Gasteiger partial charge in [0.05, 0.1) is 107 Å². The molecule has 6 atom stereocenters. The molecule has 111 heavy (non-hydrogen) atoms. The van der Waals surface area contributed by atoms with Crippen molar-refractivity contribution in [1.29, 1.82) is 0 Å². The molecule has 594 valence electrons. The normalized spacial score (nSPS) is 20.4. The smallest absolute Gasteiger partial charge is 0.338 e. The second-order valence-corrected chi connectivity index (χ2v) is 30.1. The molecule has 0 spiro atoms. The zero-order valence-electron chi connectivity index (χ0n) is 60.0. The van der Waals surface area contributed by atoms with Crippen molar-refractivity contribution < 1.29 is 95.2 Å². The van der Waals surface area contributed by atoms with Crippen LogP contribution in [0, 0.1) is 17.5 Å². The van der Waals surface area contributed by atoms with Gasteiger partial charge < -0.3 is 69.2 Å². The number of halogens is 6. The van der Waals surface area contributed by atoms with Gasteiger partial charge in [0.1, 0.15) is 48.8 Å². The SMILES string of the molecule is CCOC(=O)C1=C(CN2CCOC(CSCC(=O)O)C2)NC(c2nccs2)=N[C@H]1c1ccc(F)cc1Cl.CCOC(=O)C1=C(CN2CCOCC2COCC(=O)O)NC(c2nccs2)=N[C@H]1c1ccc(F)cc1Br.CCOC(=O)C1=C(CN2CCOCC2COCC(=O)O)NC(c2nccs2)=N[C@H]1c1ccc(F)cc1Cl. The minimum atomic E-state index is -1.06. The third kappa shape index (κ3) is 23.7. The number of nitrogens with one attached hydrogen (secondary N) is 3. The summed E-state index contributed by atoms with van der Waals surface area (Å²) in [6, 6.07) is 9.23. The van der Waals surface area contributed by atoms with Crippen molar-refractivity contribution in [2.24, 2.45) is 15.0 Å². The summed E-state index contributed by atoms with van der Waals surface area (Å²) in [5.41, 5.74) is 4.02. The van der Waals surface area contributed by atoms with Crippen molar-refractivity contribution in [1.82, 2.24) is 45.6 Å². The number of aliphatic carboxylic acids is 3. The van der Waals surface area contributed by atoms with Crippen molar-refractivity contribution in [2.75, 3.05) is 137 Å². The molecule has 3 aromatic heterocycles. The van der Waals surface area contributed by atoms with E-state index in [-0.39, 0.29) is 85.7 Å². The van der Waals surface area contributed by atoms with E-state index in [0.29, 0.717) is 153 Å². The standard InChI is InChI=1S/C24H26BrFN4O6S.C24H26ClFN4O6S.C24H26ClFN4O5S2/c2*1-2-36-24(33)20-18(10-30-6-7-34-11-15(30)12-35-13-19(31)32)28-22(23-27-5-8-37-23)29-21(20)16-4-3-14(26)9-17(16)25;1-2-34-24(33)20-18(11-30-6-7-35-15(10-30)12-36-13-19(31)32)28-22(23-27-5-8-37-23)29-21(20)16-4-3-14(26)9-17(16)25/h3*3-5,8-9,15,21H,2,6-7,10-13H2,1H3,(H,28,29)(H,31,32)/t3*15?,21-/m000/s1. The van der Waals surface area contributed by atoms with Crippen LogP contribution in [0.25, 0.3) is 0 Å². The molecule has 39 heteroatoms. The topological polar surface area (TPSA) is 359 Å². The zero-order valence-corrected chi connectivity index (χ0v) is 66.3. The average molecular weight is 1720 g/mol. The number of aliphatic imine (C=N–C) groups is 3. The van der Waals surface area contributed by atoms with Crippen molar-refractivity contribution in [3.63, 3.8) is 0 Å². The first-order valence-corrected chi connectivity index (χ1v) is 40.1. The van der Waals surface area contributed by atoms with Crippen LogP contribution in [0.4, 0.5) is 13.2 Å². The molecule has 3 saturated heterocycles. The van der Waals surface area contributed by atoms with Gasteiger partial charge in [-0.1, -0.05) is 57.3 Å². The van der Waals surface area contributed by atoms with E-state index >= 15 is 0 Å². The summed E-state index contributed by atoms with van der Waals surface area (Å²) in [4.78, 5) is 106. The molecule has 6 aromatic rings. The molecular weight excluding hydrogens is 1640 g/mol. The fourth-order valence-electron chi connectivity index (χ4n) is 12.3. The second kappa shape index (κ2) is 42.1. The number of hydrogen-bond acceptors (Lipinski definition) is 30. The Morgan fingerprint density at radius 2 is 0.973 bits per heavy atom. The molecule has 0 radical (unpaired) electrons. The number of amidine groups is 3. The van der Waals surface area contributed by atoms with E-state index in [1.807, 2.05) is 21.0 Å². The molecule has 0 bridgehead atoms. The van der Waals surface area contributed by atoms with Gasteiger partial charge in [0.2, 0.25) is 0 Å². The number of thioether (sulfide) groups is 1. The van der Waals surface area contributed by atoms with Crippen molar-refractivity contribution in [3.05, 3.63) is 187 Å². The van der Waals surface area contributed by atoms with Gasteiger partial charge in [0.15, 0.2) is 32.5 Å². The molecule has 0 saturated carbocycles. The molecule has 0 amide bonds. The minimum Gasteiger partial charge on any atom is -0.481 e. The predicted molar refractivity (Wildman–Crippen MR) is 412 cm³/mol. The highest BCUT2D eigenvalue weighted by Crippen LogP contribution is 2.41. The lowest BCUT2D eigenvalue weighted by Gasteiger charge is -2.37. The summed E-state index contributed by atoms with van der Waals surface area (Å²) in [5.74, 6) is -4.13. The molecule has 3 aromatic carbocycles. The molecule has 12 rings (SSSR count). The van der Waals surface area contributed by atoms with Gasteiger partial charge in [0, 0.05) is 129 Å². The molecule has 6 aliphatic rings. The Morgan fingerprint density at radius 1 is 0.568 bits per heavy atom. The molecule has 6 N–H and O–H groups in total. The van der Waals surface area contributed by atoms with E-state index in [2.05, 4.69) is 56.6 Å². The van der Waals surface area contributed by atoms with Crippen LogP contribution in [-0.2, 0) is 66.7 Å². The van der Waals surface area contributed by atoms with Crippen LogP contribution in [0.2, 0.25) is 10.0 Å². The Bertz CT molecular complexity index is 4270. The van der Waals surface area contributed by atoms with Crippen LogP contribution in [0.3, 0.4) is 0 Å². The van der Waals surface area contributed by atoms with Crippen LogP contribution < -0.4 is 16.0 Å². The molecule has 0 aliphatic carbocycles. The van der Waals surface area contributed by atoms with Gasteiger partial charge in [-0.3, -0.25) is 34.5 Å². The number of aromatic nitrogens is 3. The molecule has 3 fully saturated rings. The largest absolute Gasteiger partial charge is 0.481 e.